The van der Waals surface area contributed by atoms with Gasteiger partial charge in [0.1, 0.15) is 0 Å². The van der Waals surface area contributed by atoms with Crippen molar-refractivity contribution in [2.24, 2.45) is 5.73 Å². The number of hydrogen-bond acceptors (Lipinski definition) is 5. The van der Waals surface area contributed by atoms with E-state index in [9.17, 15) is 9.59 Å². The molecule has 0 unspecified atom stereocenters. The van der Waals surface area contributed by atoms with Crippen molar-refractivity contribution < 1.29 is 23.8 Å². The van der Waals surface area contributed by atoms with E-state index < -0.39 is 11.9 Å². The summed E-state index contributed by atoms with van der Waals surface area (Å²) in [7, 11) is 0. The minimum Gasteiger partial charge on any atom is -0.463 e. The summed E-state index contributed by atoms with van der Waals surface area (Å²) in [5.74, 6) is -1.27. The Morgan fingerprint density at radius 2 is 1.78 bits per heavy atom. The molecule has 0 heterocycles. The molecule has 0 aliphatic heterocycles. The zero-order valence-electron chi connectivity index (χ0n) is 10.9. The summed E-state index contributed by atoms with van der Waals surface area (Å²) in [5.41, 5.74) is 4.84. The zero-order valence-corrected chi connectivity index (χ0v) is 10.9. The van der Waals surface area contributed by atoms with Crippen LogP contribution in [-0.2, 0) is 23.8 Å². The van der Waals surface area contributed by atoms with Crippen LogP contribution in [0.15, 0.2) is 12.2 Å². The molecule has 6 heteroatoms. The van der Waals surface area contributed by atoms with Gasteiger partial charge in [0.2, 0.25) is 5.91 Å². The van der Waals surface area contributed by atoms with E-state index in [4.69, 9.17) is 19.9 Å². The molecule has 0 spiro atoms. The van der Waals surface area contributed by atoms with Gasteiger partial charge in [-0.3, -0.25) is 4.79 Å². The highest BCUT2D eigenvalue weighted by Crippen LogP contribution is 2.04. The monoisotopic (exact) mass is 259 g/mol. The maximum absolute atomic E-state index is 11.1. The van der Waals surface area contributed by atoms with E-state index in [-0.39, 0.29) is 12.9 Å². The first-order valence-corrected chi connectivity index (χ1v) is 5.97. The van der Waals surface area contributed by atoms with Gasteiger partial charge in [-0.15, -0.1) is 0 Å². The third-order valence-electron chi connectivity index (χ3n) is 1.92. The number of amides is 1. The topological polar surface area (TPSA) is 87.9 Å². The van der Waals surface area contributed by atoms with Crippen molar-refractivity contribution in [3.8, 4) is 0 Å². The molecular formula is C12H21NO5. The lowest BCUT2D eigenvalue weighted by molar-refractivity contribution is -0.146. The van der Waals surface area contributed by atoms with E-state index in [1.807, 2.05) is 13.8 Å². The molecule has 0 saturated carbocycles. The van der Waals surface area contributed by atoms with Gasteiger partial charge in [0.25, 0.3) is 0 Å². The minimum atomic E-state index is -0.681. The van der Waals surface area contributed by atoms with Gasteiger partial charge in [-0.1, -0.05) is 0 Å². The highest BCUT2D eigenvalue weighted by molar-refractivity contribution is 5.93. The first kappa shape index (κ1) is 16.6. The first-order valence-electron chi connectivity index (χ1n) is 5.97. The lowest BCUT2D eigenvalue weighted by atomic mass is 10.3. The number of ether oxygens (including phenoxy) is 3. The average molecular weight is 259 g/mol. The summed E-state index contributed by atoms with van der Waals surface area (Å²) in [6.45, 7) is 5.18. The Balaban J connectivity index is 3.70. The molecule has 2 N–H and O–H groups in total. The molecule has 0 aromatic rings. The van der Waals surface area contributed by atoms with Crippen LogP contribution in [0.25, 0.3) is 0 Å². The predicted octanol–water partition coefficient (Wildman–Crippen LogP) is 0.750. The maximum Gasteiger partial charge on any atom is 0.330 e. The van der Waals surface area contributed by atoms with Crippen LogP contribution in [0.1, 0.15) is 26.7 Å². The highest BCUT2D eigenvalue weighted by atomic mass is 16.7. The van der Waals surface area contributed by atoms with Gasteiger partial charge >= 0.3 is 5.97 Å². The van der Waals surface area contributed by atoms with E-state index in [0.29, 0.717) is 26.1 Å². The molecule has 0 aromatic carbocycles. The molecule has 0 rings (SSSR count). The van der Waals surface area contributed by atoms with Crippen molar-refractivity contribution >= 4 is 11.9 Å². The van der Waals surface area contributed by atoms with Crippen LogP contribution in [0.4, 0.5) is 0 Å². The zero-order chi connectivity index (χ0) is 13.8. The lowest BCUT2D eigenvalue weighted by Gasteiger charge is -2.16. The molecule has 0 radical (unpaired) electrons. The standard InChI is InChI=1S/C12H21NO5/c1-3-16-12(17-4-2)6-5-9-18-11(15)8-7-10(13)14/h7-8,12H,3-6,9H2,1-2H3,(H2,13,14)/b8-7-. The Kier molecular flexibility index (Phi) is 9.90. The van der Waals surface area contributed by atoms with Gasteiger partial charge in [-0.05, 0) is 20.3 Å². The van der Waals surface area contributed by atoms with Crippen LogP contribution >= 0.6 is 0 Å². The number of esters is 1. The van der Waals surface area contributed by atoms with Gasteiger partial charge < -0.3 is 19.9 Å². The van der Waals surface area contributed by atoms with Crippen LogP contribution in [0, 0.1) is 0 Å². The molecule has 6 nitrogen and oxygen atoms in total. The van der Waals surface area contributed by atoms with Crippen LogP contribution in [0.2, 0.25) is 0 Å². The smallest absolute Gasteiger partial charge is 0.330 e. The fourth-order valence-corrected chi connectivity index (χ4v) is 1.21. The van der Waals surface area contributed by atoms with Gasteiger partial charge in [-0.2, -0.15) is 0 Å². The molecule has 104 valence electrons. The summed E-state index contributed by atoms with van der Waals surface area (Å²) in [6, 6.07) is 0. The highest BCUT2D eigenvalue weighted by Gasteiger charge is 2.07. The van der Waals surface area contributed by atoms with E-state index >= 15 is 0 Å². The second-order valence-electron chi connectivity index (χ2n) is 3.39. The Hall–Kier alpha value is -1.40. The average Bonchev–Trinajstić information content (AvgIpc) is 2.32. The number of nitrogens with two attached hydrogens (primary N) is 1. The number of primary amides is 1. The second kappa shape index (κ2) is 10.7. The lowest BCUT2D eigenvalue weighted by Crippen LogP contribution is -2.18. The molecule has 0 atom stereocenters. The Morgan fingerprint density at radius 3 is 2.28 bits per heavy atom. The molecular weight excluding hydrogens is 238 g/mol. The number of hydrogen-bond donors (Lipinski definition) is 1. The molecule has 0 bridgehead atoms. The van der Waals surface area contributed by atoms with Crippen molar-refractivity contribution in [3.63, 3.8) is 0 Å². The number of carbonyl (C=O) groups is 2. The second-order valence-corrected chi connectivity index (χ2v) is 3.39. The molecule has 0 fully saturated rings. The molecule has 0 aliphatic rings. The summed E-state index contributed by atoms with van der Waals surface area (Å²) in [5, 5.41) is 0. The van der Waals surface area contributed by atoms with E-state index in [2.05, 4.69) is 0 Å². The van der Waals surface area contributed by atoms with Gasteiger partial charge in [0.05, 0.1) is 6.61 Å². The molecule has 0 aliphatic carbocycles. The molecule has 1 amide bonds. The van der Waals surface area contributed by atoms with E-state index in [1.165, 1.54) is 0 Å². The summed E-state index contributed by atoms with van der Waals surface area (Å²) >= 11 is 0. The van der Waals surface area contributed by atoms with Crippen LogP contribution in [0.5, 0.6) is 0 Å². The van der Waals surface area contributed by atoms with Gasteiger partial charge in [0, 0.05) is 31.8 Å². The summed E-state index contributed by atoms with van der Waals surface area (Å²) in [6.07, 6.45) is 2.98. The SMILES string of the molecule is CCOC(CCCOC(=O)/C=C\C(N)=O)OCC. The Morgan fingerprint density at radius 1 is 1.17 bits per heavy atom. The van der Waals surface area contributed by atoms with Crippen LogP contribution in [0.3, 0.4) is 0 Å². The van der Waals surface area contributed by atoms with Crippen molar-refractivity contribution in [2.75, 3.05) is 19.8 Å². The van der Waals surface area contributed by atoms with Crippen molar-refractivity contribution in [1.82, 2.24) is 0 Å². The quantitative estimate of drug-likeness (QED) is 0.271. The Labute approximate surface area is 107 Å². The Bertz CT molecular complexity index is 272. The minimum absolute atomic E-state index is 0.249. The van der Waals surface area contributed by atoms with Gasteiger partial charge in [0.15, 0.2) is 6.29 Å². The first-order chi connectivity index (χ1) is 8.60. The summed E-state index contributed by atoms with van der Waals surface area (Å²) in [4.78, 5) is 21.4. The molecule has 18 heavy (non-hydrogen) atoms. The number of carbonyl (C=O) groups excluding carboxylic acids is 2. The third kappa shape index (κ3) is 9.80. The van der Waals surface area contributed by atoms with Crippen LogP contribution < -0.4 is 5.73 Å². The summed E-state index contributed by atoms with van der Waals surface area (Å²) < 4.78 is 15.5. The molecule has 0 saturated heterocycles. The fourth-order valence-electron chi connectivity index (χ4n) is 1.21. The van der Waals surface area contributed by atoms with Gasteiger partial charge in [-0.25, -0.2) is 4.79 Å². The van der Waals surface area contributed by atoms with E-state index in [1.54, 1.807) is 0 Å². The largest absolute Gasteiger partial charge is 0.463 e. The van der Waals surface area contributed by atoms with Crippen LogP contribution in [-0.4, -0.2) is 38.0 Å². The molecule has 0 aromatic heterocycles. The van der Waals surface area contributed by atoms with E-state index in [0.717, 1.165) is 12.2 Å². The fraction of sp³-hybridized carbons (Fsp3) is 0.667. The number of rotatable bonds is 10. The normalized spacial score (nSPS) is 11.1. The van der Waals surface area contributed by atoms with Crippen molar-refractivity contribution in [2.45, 2.75) is 33.0 Å². The third-order valence-corrected chi connectivity index (χ3v) is 1.92. The maximum atomic E-state index is 11.1. The predicted molar refractivity (Wildman–Crippen MR) is 65.6 cm³/mol. The van der Waals surface area contributed by atoms with Crippen molar-refractivity contribution in [3.05, 3.63) is 12.2 Å². The van der Waals surface area contributed by atoms with Crippen molar-refractivity contribution in [1.29, 1.82) is 0 Å².